The van der Waals surface area contributed by atoms with Gasteiger partial charge in [-0.1, -0.05) is 29.8 Å². The number of hydrogen-bond acceptors (Lipinski definition) is 4. The van der Waals surface area contributed by atoms with Crippen LogP contribution in [0.25, 0.3) is 10.9 Å². The number of ether oxygens (including phenoxy) is 1. The highest BCUT2D eigenvalue weighted by Crippen LogP contribution is 2.31. The zero-order valence-electron chi connectivity index (χ0n) is 14.7. The van der Waals surface area contributed by atoms with E-state index in [1.165, 1.54) is 13.2 Å². The molecule has 1 aliphatic carbocycles. The summed E-state index contributed by atoms with van der Waals surface area (Å²) in [4.78, 5) is 29.7. The Hall–Kier alpha value is -2.92. The number of anilines is 1. The van der Waals surface area contributed by atoms with Crippen LogP contribution < -0.4 is 5.32 Å². The standard InChI is InChI=1S/C21H17ClN2O3/c1-27-21(26)15-11-12(9-10-16(15)22)23-20(25)19-13-5-2-3-7-17(13)24-18-8-4-6-14(18)19/h2-3,5,7,9-11H,4,6,8H2,1H3,(H,23,25). The van der Waals surface area contributed by atoms with Crippen molar-refractivity contribution in [2.75, 3.05) is 12.4 Å². The van der Waals surface area contributed by atoms with Crippen LogP contribution in [0.5, 0.6) is 0 Å². The number of benzene rings is 2. The number of carbonyl (C=O) groups is 2. The Morgan fingerprint density at radius 2 is 1.96 bits per heavy atom. The molecule has 1 aliphatic rings. The second kappa shape index (κ2) is 7.00. The molecule has 0 saturated heterocycles. The molecule has 136 valence electrons. The van der Waals surface area contributed by atoms with Crippen LogP contribution in [0.4, 0.5) is 5.69 Å². The van der Waals surface area contributed by atoms with Crippen LogP contribution in [-0.4, -0.2) is 24.0 Å². The number of nitrogens with one attached hydrogen (secondary N) is 1. The zero-order chi connectivity index (χ0) is 19.0. The van der Waals surface area contributed by atoms with Gasteiger partial charge >= 0.3 is 5.97 Å². The molecule has 0 saturated carbocycles. The summed E-state index contributed by atoms with van der Waals surface area (Å²) in [5, 5.41) is 4.00. The van der Waals surface area contributed by atoms with Gasteiger partial charge in [-0.25, -0.2) is 4.79 Å². The van der Waals surface area contributed by atoms with Gasteiger partial charge in [-0.15, -0.1) is 0 Å². The van der Waals surface area contributed by atoms with Gasteiger partial charge in [0.2, 0.25) is 0 Å². The molecule has 5 nitrogen and oxygen atoms in total. The lowest BCUT2D eigenvalue weighted by molar-refractivity contribution is 0.0600. The van der Waals surface area contributed by atoms with Gasteiger partial charge in [0.1, 0.15) is 0 Å². The molecule has 1 heterocycles. The average molecular weight is 381 g/mol. The molecule has 2 aromatic carbocycles. The van der Waals surface area contributed by atoms with E-state index >= 15 is 0 Å². The lowest BCUT2D eigenvalue weighted by atomic mass is 10.0. The number of halogens is 1. The number of esters is 1. The normalized spacial score (nSPS) is 12.7. The highest BCUT2D eigenvalue weighted by atomic mass is 35.5. The van der Waals surface area contributed by atoms with Gasteiger partial charge in [0.25, 0.3) is 5.91 Å². The third-order valence-electron chi connectivity index (χ3n) is 4.78. The Morgan fingerprint density at radius 1 is 1.15 bits per heavy atom. The summed E-state index contributed by atoms with van der Waals surface area (Å²) in [5.41, 5.74) is 4.16. The molecule has 0 aliphatic heterocycles. The van der Waals surface area contributed by atoms with Crippen molar-refractivity contribution in [2.24, 2.45) is 0 Å². The number of nitrogens with zero attached hydrogens (tertiary/aromatic N) is 1. The fourth-order valence-corrected chi connectivity index (χ4v) is 3.73. The van der Waals surface area contributed by atoms with Crippen LogP contribution in [0, 0.1) is 0 Å². The second-order valence-electron chi connectivity index (χ2n) is 6.42. The average Bonchev–Trinajstić information content (AvgIpc) is 3.14. The van der Waals surface area contributed by atoms with Gasteiger partial charge in [-0.2, -0.15) is 0 Å². The number of aromatic nitrogens is 1. The summed E-state index contributed by atoms with van der Waals surface area (Å²) in [6.07, 6.45) is 2.71. The molecular weight excluding hydrogens is 364 g/mol. The highest BCUT2D eigenvalue weighted by Gasteiger charge is 2.24. The van der Waals surface area contributed by atoms with Crippen molar-refractivity contribution < 1.29 is 14.3 Å². The third-order valence-corrected chi connectivity index (χ3v) is 5.11. The molecule has 3 aromatic rings. The van der Waals surface area contributed by atoms with Crippen LogP contribution in [0.3, 0.4) is 0 Å². The maximum Gasteiger partial charge on any atom is 0.339 e. The summed E-state index contributed by atoms with van der Waals surface area (Å²) in [6, 6.07) is 12.4. The van der Waals surface area contributed by atoms with Crippen LogP contribution >= 0.6 is 11.6 Å². The van der Waals surface area contributed by atoms with Crippen molar-refractivity contribution in [3.8, 4) is 0 Å². The van der Waals surface area contributed by atoms with Crippen LogP contribution in [0.1, 0.15) is 38.4 Å². The van der Waals surface area contributed by atoms with Gasteiger partial charge in [0.05, 0.1) is 28.8 Å². The lowest BCUT2D eigenvalue weighted by Gasteiger charge is -2.13. The Bertz CT molecular complexity index is 1080. The van der Waals surface area contributed by atoms with E-state index in [2.05, 4.69) is 5.32 Å². The number of rotatable bonds is 3. The van der Waals surface area contributed by atoms with E-state index < -0.39 is 5.97 Å². The maximum atomic E-state index is 13.1. The van der Waals surface area contributed by atoms with Gasteiger partial charge in [-0.3, -0.25) is 9.78 Å². The van der Waals surface area contributed by atoms with Crippen molar-refractivity contribution in [3.63, 3.8) is 0 Å². The first-order chi connectivity index (χ1) is 13.1. The van der Waals surface area contributed by atoms with E-state index in [0.717, 1.165) is 41.4 Å². The first kappa shape index (κ1) is 17.5. The van der Waals surface area contributed by atoms with Crippen molar-refractivity contribution in [1.29, 1.82) is 0 Å². The number of fused-ring (bicyclic) bond motifs is 2. The molecule has 0 fully saturated rings. The predicted octanol–water partition coefficient (Wildman–Crippen LogP) is 4.42. The minimum absolute atomic E-state index is 0.210. The molecule has 4 rings (SSSR count). The Kier molecular flexibility index (Phi) is 4.54. The van der Waals surface area contributed by atoms with E-state index in [1.54, 1.807) is 12.1 Å². The fourth-order valence-electron chi connectivity index (χ4n) is 3.53. The van der Waals surface area contributed by atoms with E-state index in [-0.39, 0.29) is 16.5 Å². The van der Waals surface area contributed by atoms with Gasteiger partial charge in [0, 0.05) is 16.8 Å². The Labute approximate surface area is 161 Å². The summed E-state index contributed by atoms with van der Waals surface area (Å²) < 4.78 is 4.74. The number of hydrogen-bond donors (Lipinski definition) is 1. The SMILES string of the molecule is COC(=O)c1cc(NC(=O)c2c3c(nc4ccccc24)CCC3)ccc1Cl. The van der Waals surface area contributed by atoms with Gasteiger partial charge < -0.3 is 10.1 Å². The minimum atomic E-state index is -0.550. The van der Waals surface area contributed by atoms with Gasteiger partial charge in [0.15, 0.2) is 0 Å². The first-order valence-electron chi connectivity index (χ1n) is 8.68. The number of aryl methyl sites for hydroxylation is 1. The third kappa shape index (κ3) is 3.15. The largest absolute Gasteiger partial charge is 0.465 e. The number of pyridine rings is 1. The van der Waals surface area contributed by atoms with E-state index in [1.807, 2.05) is 24.3 Å². The number of para-hydroxylation sites is 1. The topological polar surface area (TPSA) is 68.3 Å². The Balaban J connectivity index is 1.76. The molecule has 1 N–H and O–H groups in total. The second-order valence-corrected chi connectivity index (χ2v) is 6.83. The van der Waals surface area contributed by atoms with Gasteiger partial charge in [-0.05, 0) is 49.1 Å². The van der Waals surface area contributed by atoms with Crippen molar-refractivity contribution in [1.82, 2.24) is 4.98 Å². The molecule has 0 bridgehead atoms. The zero-order valence-corrected chi connectivity index (χ0v) is 15.5. The molecular formula is C21H17ClN2O3. The molecule has 0 unspecified atom stereocenters. The number of amides is 1. The van der Waals surface area contributed by atoms with Crippen LogP contribution in [-0.2, 0) is 17.6 Å². The highest BCUT2D eigenvalue weighted by molar-refractivity contribution is 6.33. The maximum absolute atomic E-state index is 13.1. The monoisotopic (exact) mass is 380 g/mol. The molecule has 0 radical (unpaired) electrons. The molecule has 1 amide bonds. The first-order valence-corrected chi connectivity index (χ1v) is 9.06. The quantitative estimate of drug-likeness (QED) is 0.683. The lowest BCUT2D eigenvalue weighted by Crippen LogP contribution is -2.16. The van der Waals surface area contributed by atoms with Crippen LogP contribution in [0.15, 0.2) is 42.5 Å². The van der Waals surface area contributed by atoms with E-state index in [4.69, 9.17) is 21.3 Å². The Morgan fingerprint density at radius 3 is 2.78 bits per heavy atom. The fraction of sp³-hybridized carbons (Fsp3) is 0.190. The molecule has 1 aromatic heterocycles. The molecule has 0 atom stereocenters. The van der Waals surface area contributed by atoms with Crippen molar-refractivity contribution in [3.05, 3.63) is 69.9 Å². The summed E-state index contributed by atoms with van der Waals surface area (Å²) in [6.45, 7) is 0. The minimum Gasteiger partial charge on any atom is -0.465 e. The molecule has 6 heteroatoms. The summed E-state index contributed by atoms with van der Waals surface area (Å²) in [7, 11) is 1.29. The van der Waals surface area contributed by atoms with Crippen molar-refractivity contribution in [2.45, 2.75) is 19.3 Å². The van der Waals surface area contributed by atoms with Crippen molar-refractivity contribution >= 4 is 40.1 Å². The van der Waals surface area contributed by atoms with E-state index in [0.29, 0.717) is 11.3 Å². The predicted molar refractivity (Wildman–Crippen MR) is 105 cm³/mol. The smallest absolute Gasteiger partial charge is 0.339 e. The summed E-state index contributed by atoms with van der Waals surface area (Å²) in [5.74, 6) is -0.767. The summed E-state index contributed by atoms with van der Waals surface area (Å²) >= 11 is 6.06. The molecule has 0 spiro atoms. The molecule has 27 heavy (non-hydrogen) atoms. The number of methoxy groups -OCH3 is 1. The number of carbonyl (C=O) groups excluding carboxylic acids is 2. The van der Waals surface area contributed by atoms with E-state index in [9.17, 15) is 9.59 Å². The van der Waals surface area contributed by atoms with Crippen LogP contribution in [0.2, 0.25) is 5.02 Å².